The minimum Gasteiger partial charge on any atom is -0.397 e. The van der Waals surface area contributed by atoms with Gasteiger partial charge in [0.15, 0.2) is 0 Å². The Morgan fingerprint density at radius 1 is 1.29 bits per heavy atom. The lowest BCUT2D eigenvalue weighted by Gasteiger charge is -2.26. The Balaban J connectivity index is 2.45. The van der Waals surface area contributed by atoms with Gasteiger partial charge < -0.3 is 15.5 Å². The minimum absolute atomic E-state index is 0.0808. The number of rotatable bonds is 5. The smallest absolute Gasteiger partial charge is 0.241 e. The van der Waals surface area contributed by atoms with Crippen LogP contribution in [0.5, 0.6) is 0 Å². The molecule has 0 aliphatic heterocycles. The maximum Gasteiger partial charge on any atom is 0.241 e. The highest BCUT2D eigenvalue weighted by atomic mass is 16.2. The van der Waals surface area contributed by atoms with E-state index in [4.69, 9.17) is 5.73 Å². The normalized spacial score (nSPS) is 10.6. The molecule has 0 fully saturated rings. The van der Waals surface area contributed by atoms with Crippen molar-refractivity contribution >= 4 is 28.2 Å². The molecule has 21 heavy (non-hydrogen) atoms. The highest BCUT2D eigenvalue weighted by Crippen LogP contribution is 2.29. The molecule has 5 heteroatoms. The summed E-state index contributed by atoms with van der Waals surface area (Å²) in [6.45, 7) is 3.27. The van der Waals surface area contributed by atoms with E-state index in [1.54, 1.807) is 25.2 Å². The Labute approximate surface area is 125 Å². The number of fused-ring (bicyclic) bond motifs is 1. The summed E-state index contributed by atoms with van der Waals surface area (Å²) in [4.78, 5) is 20.1. The lowest BCUT2D eigenvalue weighted by Crippen LogP contribution is -2.37. The molecule has 0 atom stereocenters. The summed E-state index contributed by atoms with van der Waals surface area (Å²) >= 11 is 0. The zero-order chi connectivity index (χ0) is 15.4. The van der Waals surface area contributed by atoms with Crippen LogP contribution in [0.25, 0.3) is 10.9 Å². The van der Waals surface area contributed by atoms with E-state index in [-0.39, 0.29) is 5.91 Å². The number of benzene rings is 1. The van der Waals surface area contributed by atoms with Gasteiger partial charge in [-0.2, -0.15) is 0 Å². The second-order valence-electron chi connectivity index (χ2n) is 5.28. The summed E-state index contributed by atoms with van der Waals surface area (Å²) in [5.41, 5.74) is 8.44. The Morgan fingerprint density at radius 3 is 2.71 bits per heavy atom. The van der Waals surface area contributed by atoms with E-state index < -0.39 is 0 Å². The van der Waals surface area contributed by atoms with Gasteiger partial charge in [0, 0.05) is 37.9 Å². The number of pyridine rings is 1. The molecular weight excluding hydrogens is 264 g/mol. The van der Waals surface area contributed by atoms with Gasteiger partial charge in [-0.3, -0.25) is 9.78 Å². The van der Waals surface area contributed by atoms with Crippen molar-refractivity contribution in [1.29, 1.82) is 0 Å². The number of nitrogens with two attached hydrogens (primary N) is 1. The van der Waals surface area contributed by atoms with E-state index in [0.29, 0.717) is 12.2 Å². The molecular formula is C16H22N4O. The van der Waals surface area contributed by atoms with E-state index in [0.717, 1.165) is 29.6 Å². The van der Waals surface area contributed by atoms with Crippen molar-refractivity contribution in [3.05, 3.63) is 30.5 Å². The van der Waals surface area contributed by atoms with Crippen LogP contribution in [0, 0.1) is 0 Å². The molecule has 0 saturated carbocycles. The lowest BCUT2D eigenvalue weighted by molar-refractivity contribution is -0.127. The maximum atomic E-state index is 12.0. The van der Waals surface area contributed by atoms with Gasteiger partial charge in [-0.05, 0) is 30.7 Å². The molecule has 1 aromatic carbocycles. The van der Waals surface area contributed by atoms with Gasteiger partial charge in [-0.25, -0.2) is 0 Å². The molecule has 112 valence electrons. The number of aromatic nitrogens is 1. The molecule has 0 bridgehead atoms. The molecule has 0 aliphatic rings. The summed E-state index contributed by atoms with van der Waals surface area (Å²) in [7, 11) is 3.55. The van der Waals surface area contributed by atoms with Crippen LogP contribution in [-0.4, -0.2) is 43.0 Å². The van der Waals surface area contributed by atoms with Gasteiger partial charge in [0.1, 0.15) is 0 Å². The Hall–Kier alpha value is -2.30. The van der Waals surface area contributed by atoms with Gasteiger partial charge in [0.25, 0.3) is 0 Å². The Morgan fingerprint density at radius 2 is 2.05 bits per heavy atom. The van der Waals surface area contributed by atoms with Gasteiger partial charge in [0.05, 0.1) is 17.7 Å². The quantitative estimate of drug-likeness (QED) is 0.855. The zero-order valence-corrected chi connectivity index (χ0v) is 12.8. The summed E-state index contributed by atoms with van der Waals surface area (Å²) in [6, 6.07) is 7.71. The first kappa shape index (κ1) is 15.1. The zero-order valence-electron chi connectivity index (χ0n) is 12.8. The van der Waals surface area contributed by atoms with Crippen LogP contribution in [0.1, 0.15) is 13.3 Å². The second-order valence-corrected chi connectivity index (χ2v) is 5.28. The number of nitrogens with zero attached hydrogens (tertiary/aromatic N) is 3. The van der Waals surface area contributed by atoms with Crippen molar-refractivity contribution in [3.8, 4) is 0 Å². The molecule has 2 rings (SSSR count). The number of hydrogen-bond acceptors (Lipinski definition) is 4. The Kier molecular flexibility index (Phi) is 4.62. The molecule has 0 unspecified atom stereocenters. The molecule has 0 saturated heterocycles. The SMILES string of the molecule is CCCN(CC(=O)N(C)C)c1ccc(N)c2ncccc12. The topological polar surface area (TPSA) is 62.5 Å². The van der Waals surface area contributed by atoms with Crippen LogP contribution in [-0.2, 0) is 4.79 Å². The molecule has 2 aromatic rings. The average Bonchev–Trinajstić information content (AvgIpc) is 2.47. The van der Waals surface area contributed by atoms with E-state index in [9.17, 15) is 4.79 Å². The third-order valence-electron chi connectivity index (χ3n) is 3.44. The fourth-order valence-corrected chi connectivity index (χ4v) is 2.31. The first-order valence-electron chi connectivity index (χ1n) is 7.13. The highest BCUT2D eigenvalue weighted by Gasteiger charge is 2.15. The van der Waals surface area contributed by atoms with Gasteiger partial charge >= 0.3 is 0 Å². The highest BCUT2D eigenvalue weighted by molar-refractivity contribution is 5.99. The standard InChI is InChI=1S/C16H22N4O/c1-4-10-20(11-15(21)19(2)3)14-8-7-13(17)16-12(14)6-5-9-18-16/h5-9H,4,10-11,17H2,1-3H3. The molecule has 0 aliphatic carbocycles. The van der Waals surface area contributed by atoms with Crippen molar-refractivity contribution in [2.24, 2.45) is 0 Å². The summed E-state index contributed by atoms with van der Waals surface area (Å²) in [5, 5.41) is 0.984. The number of hydrogen-bond donors (Lipinski definition) is 1. The van der Waals surface area contributed by atoms with Crippen LogP contribution in [0.2, 0.25) is 0 Å². The van der Waals surface area contributed by atoms with E-state index in [1.165, 1.54) is 0 Å². The van der Waals surface area contributed by atoms with Crippen LogP contribution < -0.4 is 10.6 Å². The van der Waals surface area contributed by atoms with Crippen molar-refractivity contribution in [2.45, 2.75) is 13.3 Å². The summed E-state index contributed by atoms with van der Waals surface area (Å²) in [5.74, 6) is 0.0808. The van der Waals surface area contributed by atoms with Crippen LogP contribution in [0.4, 0.5) is 11.4 Å². The number of anilines is 2. The summed E-state index contributed by atoms with van der Waals surface area (Å²) < 4.78 is 0. The first-order valence-corrected chi connectivity index (χ1v) is 7.13. The molecule has 1 amide bonds. The molecule has 1 heterocycles. The largest absolute Gasteiger partial charge is 0.397 e. The maximum absolute atomic E-state index is 12.0. The molecule has 5 nitrogen and oxygen atoms in total. The van der Waals surface area contributed by atoms with Crippen molar-refractivity contribution in [2.75, 3.05) is 37.8 Å². The minimum atomic E-state index is 0.0808. The van der Waals surface area contributed by atoms with Gasteiger partial charge in [-0.15, -0.1) is 0 Å². The van der Waals surface area contributed by atoms with E-state index >= 15 is 0 Å². The van der Waals surface area contributed by atoms with Crippen molar-refractivity contribution < 1.29 is 4.79 Å². The van der Waals surface area contributed by atoms with Crippen molar-refractivity contribution in [1.82, 2.24) is 9.88 Å². The summed E-state index contributed by atoms with van der Waals surface area (Å²) in [6.07, 6.45) is 2.70. The van der Waals surface area contributed by atoms with Gasteiger partial charge in [0.2, 0.25) is 5.91 Å². The monoisotopic (exact) mass is 286 g/mol. The van der Waals surface area contributed by atoms with Crippen LogP contribution in [0.3, 0.4) is 0 Å². The number of likely N-dealkylation sites (N-methyl/N-ethyl adjacent to an activating group) is 1. The van der Waals surface area contributed by atoms with Gasteiger partial charge in [-0.1, -0.05) is 6.92 Å². The molecule has 0 spiro atoms. The number of carbonyl (C=O) groups excluding carboxylic acids is 1. The number of amides is 1. The first-order chi connectivity index (χ1) is 10.0. The van der Waals surface area contributed by atoms with Crippen molar-refractivity contribution in [3.63, 3.8) is 0 Å². The Bertz CT molecular complexity index is 639. The van der Waals surface area contributed by atoms with E-state index in [1.807, 2.05) is 24.3 Å². The second kappa shape index (κ2) is 6.43. The molecule has 0 radical (unpaired) electrons. The van der Waals surface area contributed by atoms with E-state index in [2.05, 4.69) is 16.8 Å². The molecule has 2 N–H and O–H groups in total. The average molecular weight is 286 g/mol. The number of carbonyl (C=O) groups is 1. The third kappa shape index (κ3) is 3.24. The third-order valence-corrected chi connectivity index (χ3v) is 3.44. The fraction of sp³-hybridized carbons (Fsp3) is 0.375. The predicted molar refractivity (Wildman–Crippen MR) is 87.4 cm³/mol. The van der Waals surface area contributed by atoms with Crippen LogP contribution >= 0.6 is 0 Å². The fourth-order valence-electron chi connectivity index (χ4n) is 2.31. The number of nitrogen functional groups attached to an aromatic ring is 1. The lowest BCUT2D eigenvalue weighted by atomic mass is 10.1. The predicted octanol–water partition coefficient (Wildman–Crippen LogP) is 2.12. The van der Waals surface area contributed by atoms with Crippen LogP contribution in [0.15, 0.2) is 30.5 Å². The molecule has 1 aromatic heterocycles.